The maximum absolute atomic E-state index is 5.70. The molecule has 5 heteroatoms. The van der Waals surface area contributed by atoms with Gasteiger partial charge in [-0.1, -0.05) is 0 Å². The zero-order valence-corrected chi connectivity index (χ0v) is 13.3. The maximum Gasteiger partial charge on any atom is 0.137 e. The first kappa shape index (κ1) is 15.5. The number of nitrogens with zero attached hydrogens (tertiary/aromatic N) is 3. The number of imidazole rings is 1. The van der Waals surface area contributed by atoms with Crippen LogP contribution in [0.3, 0.4) is 0 Å². The van der Waals surface area contributed by atoms with Gasteiger partial charge in [0, 0.05) is 24.5 Å². The van der Waals surface area contributed by atoms with Crippen molar-refractivity contribution < 1.29 is 4.74 Å². The molecule has 0 bridgehead atoms. The minimum absolute atomic E-state index is 0.0967. The molecule has 0 aliphatic carbocycles. The van der Waals surface area contributed by atoms with Crippen LogP contribution >= 0.6 is 0 Å². The molecule has 0 aromatic carbocycles. The Morgan fingerprint density at radius 1 is 1.24 bits per heavy atom. The van der Waals surface area contributed by atoms with E-state index in [0.717, 1.165) is 30.4 Å². The van der Waals surface area contributed by atoms with Gasteiger partial charge in [0.25, 0.3) is 0 Å². The number of hydrogen-bond donors (Lipinski definition) is 1. The standard InChI is InChI=1S/C16H24N4O/c1-13-17-7-8-20(13)9-10-21-15-6-5-14(18-12-15)11-19-16(2,3)4/h5-8,12,19H,9-11H2,1-4H3. The van der Waals surface area contributed by atoms with E-state index in [1.807, 2.05) is 25.3 Å². The van der Waals surface area contributed by atoms with Crippen LogP contribution in [0.2, 0.25) is 0 Å². The van der Waals surface area contributed by atoms with Gasteiger partial charge in [-0.15, -0.1) is 0 Å². The second-order valence-corrected chi connectivity index (χ2v) is 6.11. The topological polar surface area (TPSA) is 52.0 Å². The average Bonchev–Trinajstić information content (AvgIpc) is 2.83. The summed E-state index contributed by atoms with van der Waals surface area (Å²) in [5.41, 5.74) is 1.11. The minimum Gasteiger partial charge on any atom is -0.490 e. The van der Waals surface area contributed by atoms with Crippen LogP contribution in [0.4, 0.5) is 0 Å². The van der Waals surface area contributed by atoms with Crippen molar-refractivity contribution in [1.29, 1.82) is 0 Å². The molecule has 0 aliphatic rings. The van der Waals surface area contributed by atoms with E-state index in [4.69, 9.17) is 4.74 Å². The predicted molar refractivity (Wildman–Crippen MR) is 83.3 cm³/mol. The van der Waals surface area contributed by atoms with Crippen molar-refractivity contribution in [3.8, 4) is 5.75 Å². The van der Waals surface area contributed by atoms with E-state index in [1.54, 1.807) is 12.4 Å². The molecule has 1 N–H and O–H groups in total. The Balaban J connectivity index is 1.78. The van der Waals surface area contributed by atoms with Crippen LogP contribution in [0.25, 0.3) is 0 Å². The van der Waals surface area contributed by atoms with E-state index in [1.165, 1.54) is 0 Å². The number of aryl methyl sites for hydroxylation is 1. The lowest BCUT2D eigenvalue weighted by molar-refractivity contribution is 0.295. The number of rotatable bonds is 6. The molecule has 114 valence electrons. The Kier molecular flexibility index (Phi) is 4.96. The molecule has 0 radical (unpaired) electrons. The Hall–Kier alpha value is -1.88. The monoisotopic (exact) mass is 288 g/mol. The van der Waals surface area contributed by atoms with E-state index in [2.05, 4.69) is 40.6 Å². The number of hydrogen-bond acceptors (Lipinski definition) is 4. The minimum atomic E-state index is 0.0967. The van der Waals surface area contributed by atoms with Crippen LogP contribution < -0.4 is 10.1 Å². The van der Waals surface area contributed by atoms with E-state index in [-0.39, 0.29) is 5.54 Å². The molecule has 21 heavy (non-hydrogen) atoms. The highest BCUT2D eigenvalue weighted by Gasteiger charge is 2.08. The molecule has 0 fully saturated rings. The second-order valence-electron chi connectivity index (χ2n) is 6.11. The van der Waals surface area contributed by atoms with Gasteiger partial charge in [-0.2, -0.15) is 0 Å². The van der Waals surface area contributed by atoms with Crippen molar-refractivity contribution in [3.05, 3.63) is 42.2 Å². The summed E-state index contributed by atoms with van der Waals surface area (Å²) < 4.78 is 7.77. The van der Waals surface area contributed by atoms with Gasteiger partial charge in [0.15, 0.2) is 0 Å². The molecular formula is C16H24N4O. The molecule has 2 aromatic heterocycles. The van der Waals surface area contributed by atoms with Gasteiger partial charge in [0.05, 0.1) is 18.4 Å². The second kappa shape index (κ2) is 6.72. The normalized spacial score (nSPS) is 11.6. The molecule has 0 aliphatic heterocycles. The number of pyridine rings is 1. The Labute approximate surface area is 126 Å². The molecule has 0 saturated heterocycles. The molecule has 0 atom stereocenters. The van der Waals surface area contributed by atoms with Crippen LogP contribution in [-0.2, 0) is 13.1 Å². The van der Waals surface area contributed by atoms with Crippen LogP contribution in [0.1, 0.15) is 32.3 Å². The summed E-state index contributed by atoms with van der Waals surface area (Å²) in [7, 11) is 0. The van der Waals surface area contributed by atoms with Gasteiger partial charge in [-0.05, 0) is 39.8 Å². The van der Waals surface area contributed by atoms with Gasteiger partial charge < -0.3 is 14.6 Å². The molecular weight excluding hydrogens is 264 g/mol. The number of ether oxygens (including phenoxy) is 1. The van der Waals surface area contributed by atoms with Crippen molar-refractivity contribution in [1.82, 2.24) is 19.9 Å². The van der Waals surface area contributed by atoms with E-state index in [0.29, 0.717) is 6.61 Å². The SMILES string of the molecule is Cc1nccn1CCOc1ccc(CNC(C)(C)C)nc1. The van der Waals surface area contributed by atoms with Crippen molar-refractivity contribution in [3.63, 3.8) is 0 Å². The largest absolute Gasteiger partial charge is 0.490 e. The summed E-state index contributed by atoms with van der Waals surface area (Å²) in [5.74, 6) is 1.80. The summed E-state index contributed by atoms with van der Waals surface area (Å²) in [6.45, 7) is 10.6. The quantitative estimate of drug-likeness (QED) is 0.887. The lowest BCUT2D eigenvalue weighted by Crippen LogP contribution is -2.35. The van der Waals surface area contributed by atoms with Gasteiger partial charge in [0.2, 0.25) is 0 Å². The summed E-state index contributed by atoms with van der Waals surface area (Å²) in [6, 6.07) is 3.96. The third-order valence-electron chi connectivity index (χ3n) is 3.12. The molecule has 0 amide bonds. The summed E-state index contributed by atoms with van der Waals surface area (Å²) in [5, 5.41) is 3.41. The first-order chi connectivity index (χ1) is 9.94. The first-order valence-electron chi connectivity index (χ1n) is 7.24. The zero-order chi connectivity index (χ0) is 15.3. The van der Waals surface area contributed by atoms with Gasteiger partial charge >= 0.3 is 0 Å². The fourth-order valence-corrected chi connectivity index (χ4v) is 1.86. The highest BCUT2D eigenvalue weighted by atomic mass is 16.5. The lowest BCUT2D eigenvalue weighted by Gasteiger charge is -2.20. The van der Waals surface area contributed by atoms with Gasteiger partial charge in [-0.3, -0.25) is 4.98 Å². The van der Waals surface area contributed by atoms with Crippen LogP contribution in [0.15, 0.2) is 30.7 Å². The van der Waals surface area contributed by atoms with Crippen molar-refractivity contribution >= 4 is 0 Å². The lowest BCUT2D eigenvalue weighted by atomic mass is 10.1. The van der Waals surface area contributed by atoms with Crippen LogP contribution in [0, 0.1) is 6.92 Å². The van der Waals surface area contributed by atoms with E-state index >= 15 is 0 Å². The third-order valence-corrected chi connectivity index (χ3v) is 3.12. The Bertz CT molecular complexity index is 554. The molecule has 0 saturated carbocycles. The molecule has 5 nitrogen and oxygen atoms in total. The van der Waals surface area contributed by atoms with Gasteiger partial charge in [0.1, 0.15) is 18.2 Å². The van der Waals surface area contributed by atoms with E-state index < -0.39 is 0 Å². The fourth-order valence-electron chi connectivity index (χ4n) is 1.86. The highest BCUT2D eigenvalue weighted by molar-refractivity contribution is 5.19. The molecule has 2 aromatic rings. The van der Waals surface area contributed by atoms with Crippen molar-refractivity contribution in [2.24, 2.45) is 0 Å². The summed E-state index contributed by atoms with van der Waals surface area (Å²) in [4.78, 5) is 8.59. The average molecular weight is 288 g/mol. The molecule has 2 heterocycles. The molecule has 2 rings (SSSR count). The van der Waals surface area contributed by atoms with E-state index in [9.17, 15) is 0 Å². The fraction of sp³-hybridized carbons (Fsp3) is 0.500. The predicted octanol–water partition coefficient (Wildman–Crippen LogP) is 2.55. The van der Waals surface area contributed by atoms with Crippen LogP contribution in [-0.4, -0.2) is 26.7 Å². The molecule has 0 unspecified atom stereocenters. The zero-order valence-electron chi connectivity index (χ0n) is 13.3. The van der Waals surface area contributed by atoms with Crippen molar-refractivity contribution in [2.75, 3.05) is 6.61 Å². The van der Waals surface area contributed by atoms with Crippen LogP contribution in [0.5, 0.6) is 5.75 Å². The molecule has 0 spiro atoms. The number of aromatic nitrogens is 3. The maximum atomic E-state index is 5.70. The Morgan fingerprint density at radius 2 is 2.05 bits per heavy atom. The summed E-state index contributed by atoms with van der Waals surface area (Å²) >= 11 is 0. The van der Waals surface area contributed by atoms with Crippen molar-refractivity contribution in [2.45, 2.75) is 46.3 Å². The van der Waals surface area contributed by atoms with Gasteiger partial charge in [-0.25, -0.2) is 4.98 Å². The summed E-state index contributed by atoms with van der Waals surface area (Å²) in [6.07, 6.45) is 5.53. The smallest absolute Gasteiger partial charge is 0.137 e. The Morgan fingerprint density at radius 3 is 2.62 bits per heavy atom. The first-order valence-corrected chi connectivity index (χ1v) is 7.24. The number of nitrogens with one attached hydrogen (secondary N) is 1. The highest BCUT2D eigenvalue weighted by Crippen LogP contribution is 2.10. The third kappa shape index (κ3) is 5.19.